The van der Waals surface area contributed by atoms with Crippen molar-refractivity contribution < 1.29 is 14.3 Å². The summed E-state index contributed by atoms with van der Waals surface area (Å²) in [5, 5.41) is 0.870. The van der Waals surface area contributed by atoms with E-state index in [0.29, 0.717) is 28.9 Å². The van der Waals surface area contributed by atoms with Crippen LogP contribution in [0, 0.1) is 0 Å². The molecule has 0 bridgehead atoms. The van der Waals surface area contributed by atoms with E-state index in [9.17, 15) is 9.59 Å². The highest BCUT2D eigenvalue weighted by Crippen LogP contribution is 2.32. The first kappa shape index (κ1) is 28.0. The number of halogens is 2. The Kier molecular flexibility index (Phi) is 9.67. The van der Waals surface area contributed by atoms with Crippen LogP contribution in [0.1, 0.15) is 54.9 Å². The van der Waals surface area contributed by atoms with Gasteiger partial charge in [0.15, 0.2) is 0 Å². The minimum absolute atomic E-state index is 0.0226. The smallest absolute Gasteiger partial charge is 0.405 e. The third-order valence-electron chi connectivity index (χ3n) is 7.11. The van der Waals surface area contributed by atoms with E-state index in [2.05, 4.69) is 29.2 Å². The van der Waals surface area contributed by atoms with Crippen molar-refractivity contribution in [2.75, 3.05) is 24.5 Å². The van der Waals surface area contributed by atoms with Crippen molar-refractivity contribution in [3.05, 3.63) is 99.5 Å². The number of anilines is 1. The zero-order valence-electron chi connectivity index (χ0n) is 21.5. The van der Waals surface area contributed by atoms with Gasteiger partial charge in [-0.2, -0.15) is 0 Å². The molecule has 1 heterocycles. The van der Waals surface area contributed by atoms with Gasteiger partial charge in [0.05, 0.1) is 16.6 Å². The molecule has 200 valence electrons. The summed E-state index contributed by atoms with van der Waals surface area (Å²) in [4.78, 5) is 28.0. The average Bonchev–Trinajstić information content (AvgIpc) is 2.92. The number of ether oxygens (including phenoxy) is 1. The van der Waals surface area contributed by atoms with Crippen LogP contribution in [0.2, 0.25) is 10.0 Å². The monoisotopic (exact) mass is 553 g/mol. The Morgan fingerprint density at radius 3 is 2.29 bits per heavy atom. The third kappa shape index (κ3) is 7.50. The highest BCUT2D eigenvalue weighted by atomic mass is 35.5. The molecule has 38 heavy (non-hydrogen) atoms. The number of likely N-dealkylation sites (tertiary alicyclic amines) is 1. The molecule has 1 fully saturated rings. The molecule has 0 aliphatic carbocycles. The van der Waals surface area contributed by atoms with Gasteiger partial charge in [0.1, 0.15) is 6.10 Å². The summed E-state index contributed by atoms with van der Waals surface area (Å²) < 4.78 is 5.38. The van der Waals surface area contributed by atoms with Crippen molar-refractivity contribution in [1.29, 1.82) is 0 Å². The van der Waals surface area contributed by atoms with Crippen molar-refractivity contribution in [3.63, 3.8) is 0 Å². The number of amides is 2. The molecule has 0 saturated carbocycles. The summed E-state index contributed by atoms with van der Waals surface area (Å²) >= 11 is 12.2. The zero-order chi connectivity index (χ0) is 27.1. The summed E-state index contributed by atoms with van der Waals surface area (Å²) in [5.41, 5.74) is 9.40. The summed E-state index contributed by atoms with van der Waals surface area (Å²) in [5.74, 6) is 0.488. The Morgan fingerprint density at radius 2 is 1.68 bits per heavy atom. The number of primary amides is 1. The van der Waals surface area contributed by atoms with Crippen molar-refractivity contribution in [2.45, 2.75) is 44.8 Å². The van der Waals surface area contributed by atoms with Gasteiger partial charge in [0.2, 0.25) is 5.91 Å². The average molecular weight is 555 g/mol. The van der Waals surface area contributed by atoms with Crippen molar-refractivity contribution in [1.82, 2.24) is 4.90 Å². The maximum atomic E-state index is 12.3. The second-order valence-corrected chi connectivity index (χ2v) is 10.5. The van der Waals surface area contributed by atoms with Gasteiger partial charge >= 0.3 is 6.09 Å². The molecule has 0 radical (unpaired) electrons. The van der Waals surface area contributed by atoms with Gasteiger partial charge < -0.3 is 20.3 Å². The predicted octanol–water partition coefficient (Wildman–Crippen LogP) is 6.95. The molecule has 1 saturated heterocycles. The van der Waals surface area contributed by atoms with Gasteiger partial charge in [-0.1, -0.05) is 71.7 Å². The van der Waals surface area contributed by atoms with Crippen molar-refractivity contribution in [2.24, 2.45) is 5.73 Å². The number of benzene rings is 3. The molecular weight excluding hydrogens is 521 g/mol. The maximum Gasteiger partial charge on any atom is 0.405 e. The van der Waals surface area contributed by atoms with Crippen LogP contribution in [0.15, 0.2) is 72.8 Å². The minimum Gasteiger partial charge on any atom is -0.441 e. The number of hydrogen-bond acceptors (Lipinski definition) is 4. The number of piperidine rings is 1. The van der Waals surface area contributed by atoms with Crippen LogP contribution in [-0.4, -0.2) is 36.5 Å². The lowest BCUT2D eigenvalue weighted by Gasteiger charge is -2.33. The van der Waals surface area contributed by atoms with E-state index in [1.54, 1.807) is 24.0 Å². The number of carbonyl (C=O) groups excluding carboxylic acids is 2. The van der Waals surface area contributed by atoms with E-state index in [0.717, 1.165) is 49.3 Å². The standard InChI is InChI=1S/C30H33Cl2N3O3/c1-21(36)35(20-22-5-3-2-4-6-22)26-10-7-23(8-11-26)24-13-16-34(17-14-24)18-15-29(38-30(33)37)25-9-12-27(31)28(32)19-25/h2-12,19,24,29H,13-18,20H2,1H3,(H2,33,37). The van der Waals surface area contributed by atoms with Gasteiger partial charge in [-0.15, -0.1) is 0 Å². The molecule has 1 atom stereocenters. The van der Waals surface area contributed by atoms with E-state index in [4.69, 9.17) is 33.7 Å². The van der Waals surface area contributed by atoms with E-state index in [1.807, 2.05) is 36.4 Å². The zero-order valence-corrected chi connectivity index (χ0v) is 23.0. The molecule has 2 N–H and O–H groups in total. The quantitative estimate of drug-likeness (QED) is 0.311. The number of nitrogens with two attached hydrogens (primary N) is 1. The van der Waals surface area contributed by atoms with Gasteiger partial charge in [0, 0.05) is 25.6 Å². The van der Waals surface area contributed by atoms with Gasteiger partial charge in [0.25, 0.3) is 0 Å². The molecular formula is C30H33Cl2N3O3. The van der Waals surface area contributed by atoms with Gasteiger partial charge in [-0.05, 0) is 72.8 Å². The van der Waals surface area contributed by atoms with Crippen LogP contribution in [0.25, 0.3) is 0 Å². The normalized spacial score (nSPS) is 15.1. The first-order valence-electron chi connectivity index (χ1n) is 12.9. The molecule has 8 heteroatoms. The van der Waals surface area contributed by atoms with Crippen LogP contribution < -0.4 is 10.6 Å². The first-order chi connectivity index (χ1) is 18.3. The number of rotatable bonds is 9. The van der Waals surface area contributed by atoms with E-state index >= 15 is 0 Å². The summed E-state index contributed by atoms with van der Waals surface area (Å²) in [6.45, 7) is 4.83. The highest BCUT2D eigenvalue weighted by molar-refractivity contribution is 6.42. The minimum atomic E-state index is -0.810. The van der Waals surface area contributed by atoms with Crippen LogP contribution in [-0.2, 0) is 16.1 Å². The summed E-state index contributed by atoms with van der Waals surface area (Å²) in [7, 11) is 0. The second kappa shape index (κ2) is 13.1. The summed E-state index contributed by atoms with van der Waals surface area (Å²) in [6.07, 6.45) is 1.40. The molecule has 3 aromatic rings. The lowest BCUT2D eigenvalue weighted by molar-refractivity contribution is -0.116. The molecule has 0 aromatic heterocycles. The Labute approximate surface area is 234 Å². The number of hydrogen-bond donors (Lipinski definition) is 1. The molecule has 3 aromatic carbocycles. The summed E-state index contributed by atoms with van der Waals surface area (Å²) in [6, 6.07) is 23.7. The Hall–Kier alpha value is -3.06. The van der Waals surface area contributed by atoms with Crippen molar-refractivity contribution >= 4 is 40.9 Å². The molecule has 1 unspecified atom stereocenters. The molecule has 0 spiro atoms. The number of nitrogens with zero attached hydrogens (tertiary/aromatic N) is 2. The lowest BCUT2D eigenvalue weighted by atomic mass is 9.89. The fourth-order valence-corrected chi connectivity index (χ4v) is 5.32. The molecule has 1 aliphatic heterocycles. The largest absolute Gasteiger partial charge is 0.441 e. The second-order valence-electron chi connectivity index (χ2n) is 9.69. The van der Waals surface area contributed by atoms with E-state index < -0.39 is 12.2 Å². The fraction of sp³-hybridized carbons (Fsp3) is 0.333. The maximum absolute atomic E-state index is 12.3. The fourth-order valence-electron chi connectivity index (χ4n) is 5.01. The molecule has 2 amide bonds. The van der Waals surface area contributed by atoms with Crippen LogP contribution in [0.5, 0.6) is 0 Å². The Balaban J connectivity index is 1.32. The van der Waals surface area contributed by atoms with Gasteiger partial charge in [-0.3, -0.25) is 4.79 Å². The predicted molar refractivity (Wildman–Crippen MR) is 153 cm³/mol. The SMILES string of the molecule is CC(=O)N(Cc1ccccc1)c1ccc(C2CCN(CCC(OC(N)=O)c3ccc(Cl)c(Cl)c3)CC2)cc1. The number of carbonyl (C=O) groups is 2. The molecule has 1 aliphatic rings. The Bertz CT molecular complexity index is 1230. The molecule has 6 nitrogen and oxygen atoms in total. The van der Waals surface area contributed by atoms with E-state index in [-0.39, 0.29) is 5.91 Å². The first-order valence-corrected chi connectivity index (χ1v) is 13.6. The van der Waals surface area contributed by atoms with Crippen LogP contribution in [0.3, 0.4) is 0 Å². The third-order valence-corrected chi connectivity index (χ3v) is 7.85. The molecule has 4 rings (SSSR count). The van der Waals surface area contributed by atoms with Crippen LogP contribution >= 0.6 is 23.2 Å². The van der Waals surface area contributed by atoms with Crippen LogP contribution in [0.4, 0.5) is 10.5 Å². The van der Waals surface area contributed by atoms with E-state index in [1.165, 1.54) is 5.56 Å². The lowest BCUT2D eigenvalue weighted by Crippen LogP contribution is -2.34. The highest BCUT2D eigenvalue weighted by Gasteiger charge is 2.23. The van der Waals surface area contributed by atoms with Crippen molar-refractivity contribution in [3.8, 4) is 0 Å². The topological polar surface area (TPSA) is 75.9 Å². The Morgan fingerprint density at radius 1 is 1.00 bits per heavy atom. The van der Waals surface area contributed by atoms with Gasteiger partial charge in [-0.25, -0.2) is 4.79 Å².